The highest BCUT2D eigenvalue weighted by Gasteiger charge is 2.09. The van der Waals surface area contributed by atoms with Crippen LogP contribution >= 0.6 is 0 Å². The van der Waals surface area contributed by atoms with Crippen LogP contribution in [0.25, 0.3) is 0 Å². The molecule has 0 saturated carbocycles. The topological polar surface area (TPSA) is 92.5 Å². The van der Waals surface area contributed by atoms with E-state index in [0.29, 0.717) is 24.5 Å². The molecule has 0 unspecified atom stereocenters. The third kappa shape index (κ3) is 6.53. The van der Waals surface area contributed by atoms with Crippen molar-refractivity contribution in [1.29, 1.82) is 0 Å². The van der Waals surface area contributed by atoms with E-state index in [2.05, 4.69) is 5.32 Å². The first-order valence-corrected chi connectivity index (χ1v) is 8.34. The summed E-state index contributed by atoms with van der Waals surface area (Å²) in [6.07, 6.45) is 1.49. The first-order valence-electron chi connectivity index (χ1n) is 6.28. The van der Waals surface area contributed by atoms with Crippen molar-refractivity contribution in [2.75, 3.05) is 43.2 Å². The SMILES string of the molecule is CN(CCC(=O)Nc1ccccc1N)CCS(C)(=O)=O. The number of nitrogens with two attached hydrogens (primary N) is 1. The first-order chi connectivity index (χ1) is 9.28. The lowest BCUT2D eigenvalue weighted by Gasteiger charge is -2.15. The zero-order valence-electron chi connectivity index (χ0n) is 11.8. The van der Waals surface area contributed by atoms with Crippen LogP contribution in [0.5, 0.6) is 0 Å². The summed E-state index contributed by atoms with van der Waals surface area (Å²) >= 11 is 0. The first kappa shape index (κ1) is 16.5. The Morgan fingerprint density at radius 2 is 1.95 bits per heavy atom. The van der Waals surface area contributed by atoms with E-state index in [1.54, 1.807) is 31.3 Å². The van der Waals surface area contributed by atoms with E-state index in [1.165, 1.54) is 6.26 Å². The normalized spacial score (nSPS) is 11.6. The largest absolute Gasteiger partial charge is 0.397 e. The van der Waals surface area contributed by atoms with Crippen LogP contribution in [-0.2, 0) is 14.6 Å². The zero-order valence-corrected chi connectivity index (χ0v) is 12.6. The molecule has 0 aliphatic carbocycles. The van der Waals surface area contributed by atoms with E-state index < -0.39 is 9.84 Å². The molecule has 6 nitrogen and oxygen atoms in total. The minimum atomic E-state index is -2.97. The number of anilines is 2. The van der Waals surface area contributed by atoms with E-state index in [0.717, 1.165) is 0 Å². The maximum absolute atomic E-state index is 11.8. The van der Waals surface area contributed by atoms with E-state index in [1.807, 2.05) is 4.90 Å². The molecule has 7 heteroatoms. The van der Waals surface area contributed by atoms with Gasteiger partial charge in [0.15, 0.2) is 0 Å². The lowest BCUT2D eigenvalue weighted by molar-refractivity contribution is -0.116. The summed E-state index contributed by atoms with van der Waals surface area (Å²) in [5.41, 5.74) is 6.84. The molecule has 0 radical (unpaired) electrons. The molecule has 1 rings (SSSR count). The third-order valence-electron chi connectivity index (χ3n) is 2.80. The second-order valence-electron chi connectivity index (χ2n) is 4.82. The van der Waals surface area contributed by atoms with E-state index in [-0.39, 0.29) is 18.1 Å². The predicted octanol–water partition coefficient (Wildman–Crippen LogP) is 0.574. The highest BCUT2D eigenvalue weighted by molar-refractivity contribution is 7.90. The summed E-state index contributed by atoms with van der Waals surface area (Å²) < 4.78 is 22.1. The van der Waals surface area contributed by atoms with Crippen LogP contribution in [0.2, 0.25) is 0 Å². The van der Waals surface area contributed by atoms with Crippen molar-refractivity contribution < 1.29 is 13.2 Å². The Morgan fingerprint density at radius 3 is 2.55 bits per heavy atom. The van der Waals surface area contributed by atoms with Crippen LogP contribution < -0.4 is 11.1 Å². The number of benzene rings is 1. The van der Waals surface area contributed by atoms with Crippen LogP contribution in [0.3, 0.4) is 0 Å². The van der Waals surface area contributed by atoms with Crippen molar-refractivity contribution in [3.8, 4) is 0 Å². The maximum atomic E-state index is 11.8. The van der Waals surface area contributed by atoms with Crippen LogP contribution in [0.4, 0.5) is 11.4 Å². The summed E-state index contributed by atoms with van der Waals surface area (Å²) in [7, 11) is -1.18. The van der Waals surface area contributed by atoms with Gasteiger partial charge in [0.2, 0.25) is 5.91 Å². The van der Waals surface area contributed by atoms with Crippen LogP contribution in [0, 0.1) is 0 Å². The molecule has 0 fully saturated rings. The molecule has 0 atom stereocenters. The van der Waals surface area contributed by atoms with Gasteiger partial charge < -0.3 is 16.0 Å². The molecule has 1 aromatic rings. The van der Waals surface area contributed by atoms with E-state index in [4.69, 9.17) is 5.73 Å². The fraction of sp³-hybridized carbons (Fsp3) is 0.462. The number of carbonyl (C=O) groups is 1. The Kier molecular flexibility index (Phi) is 5.97. The number of hydrogen-bond donors (Lipinski definition) is 2. The minimum absolute atomic E-state index is 0.0940. The molecule has 0 aliphatic rings. The Hall–Kier alpha value is -1.60. The van der Waals surface area contributed by atoms with Gasteiger partial charge in [-0.15, -0.1) is 0 Å². The molecule has 0 saturated heterocycles. The van der Waals surface area contributed by atoms with Crippen molar-refractivity contribution in [3.05, 3.63) is 24.3 Å². The highest BCUT2D eigenvalue weighted by atomic mass is 32.2. The standard InChI is InChI=1S/C13H21N3O3S/c1-16(9-10-20(2,18)19)8-7-13(17)15-12-6-4-3-5-11(12)14/h3-6H,7-10,14H2,1-2H3,(H,15,17). The number of nitrogens with zero attached hydrogens (tertiary/aromatic N) is 1. The number of carbonyl (C=O) groups excluding carboxylic acids is 1. The Bertz CT molecular complexity index is 558. The summed E-state index contributed by atoms with van der Waals surface area (Å²) in [6.45, 7) is 0.910. The average molecular weight is 299 g/mol. The molecular formula is C13H21N3O3S. The third-order valence-corrected chi connectivity index (χ3v) is 3.72. The molecular weight excluding hydrogens is 278 g/mol. The number of rotatable bonds is 7. The molecule has 1 aromatic carbocycles. The van der Waals surface area contributed by atoms with E-state index in [9.17, 15) is 13.2 Å². The van der Waals surface area contributed by atoms with Gasteiger partial charge in [0, 0.05) is 25.8 Å². The van der Waals surface area contributed by atoms with Gasteiger partial charge in [0.05, 0.1) is 17.1 Å². The smallest absolute Gasteiger partial charge is 0.225 e. The van der Waals surface area contributed by atoms with Crippen molar-refractivity contribution in [2.45, 2.75) is 6.42 Å². The molecule has 20 heavy (non-hydrogen) atoms. The number of hydrogen-bond acceptors (Lipinski definition) is 5. The van der Waals surface area contributed by atoms with Crippen LogP contribution in [0.1, 0.15) is 6.42 Å². The number of para-hydroxylation sites is 2. The van der Waals surface area contributed by atoms with Gasteiger partial charge in [-0.1, -0.05) is 12.1 Å². The molecule has 0 heterocycles. The second-order valence-corrected chi connectivity index (χ2v) is 7.08. The Morgan fingerprint density at radius 1 is 1.30 bits per heavy atom. The Balaban J connectivity index is 2.35. The van der Waals surface area contributed by atoms with Gasteiger partial charge >= 0.3 is 0 Å². The molecule has 0 spiro atoms. The molecule has 3 N–H and O–H groups in total. The summed E-state index contributed by atoms with van der Waals surface area (Å²) in [4.78, 5) is 13.6. The van der Waals surface area contributed by atoms with Crippen molar-refractivity contribution in [1.82, 2.24) is 4.90 Å². The maximum Gasteiger partial charge on any atom is 0.225 e. The average Bonchev–Trinajstić information content (AvgIpc) is 2.36. The fourth-order valence-electron chi connectivity index (χ4n) is 1.55. The molecule has 0 aromatic heterocycles. The number of sulfone groups is 1. The van der Waals surface area contributed by atoms with E-state index >= 15 is 0 Å². The quantitative estimate of drug-likeness (QED) is 0.718. The minimum Gasteiger partial charge on any atom is -0.397 e. The second kappa shape index (κ2) is 7.25. The van der Waals surface area contributed by atoms with Gasteiger partial charge in [-0.2, -0.15) is 0 Å². The summed E-state index contributed by atoms with van der Waals surface area (Å²) in [5, 5.41) is 2.73. The molecule has 0 bridgehead atoms. The lowest BCUT2D eigenvalue weighted by Crippen LogP contribution is -2.28. The van der Waals surface area contributed by atoms with Gasteiger partial charge in [-0.3, -0.25) is 4.79 Å². The van der Waals surface area contributed by atoms with Crippen molar-refractivity contribution in [2.24, 2.45) is 0 Å². The summed E-state index contributed by atoms with van der Waals surface area (Å²) in [6, 6.07) is 7.04. The number of amides is 1. The summed E-state index contributed by atoms with van der Waals surface area (Å²) in [5.74, 6) is -0.0503. The fourth-order valence-corrected chi connectivity index (χ4v) is 2.19. The molecule has 112 valence electrons. The number of nitrogens with one attached hydrogen (secondary N) is 1. The van der Waals surface area contributed by atoms with Gasteiger partial charge in [-0.25, -0.2) is 8.42 Å². The highest BCUT2D eigenvalue weighted by Crippen LogP contribution is 2.16. The zero-order chi connectivity index (χ0) is 15.2. The van der Waals surface area contributed by atoms with Gasteiger partial charge in [-0.05, 0) is 19.2 Å². The monoisotopic (exact) mass is 299 g/mol. The van der Waals surface area contributed by atoms with Crippen molar-refractivity contribution >= 4 is 27.1 Å². The van der Waals surface area contributed by atoms with Crippen LogP contribution in [-0.4, -0.2) is 51.4 Å². The van der Waals surface area contributed by atoms with Crippen LogP contribution in [0.15, 0.2) is 24.3 Å². The van der Waals surface area contributed by atoms with Gasteiger partial charge in [0.25, 0.3) is 0 Å². The van der Waals surface area contributed by atoms with Crippen molar-refractivity contribution in [3.63, 3.8) is 0 Å². The Labute approximate surface area is 119 Å². The molecule has 1 amide bonds. The predicted molar refractivity (Wildman–Crippen MR) is 81.3 cm³/mol. The number of nitrogen functional groups attached to an aromatic ring is 1. The van der Waals surface area contributed by atoms with Gasteiger partial charge in [0.1, 0.15) is 9.84 Å². The lowest BCUT2D eigenvalue weighted by atomic mass is 10.2. The molecule has 0 aliphatic heterocycles.